The average Bonchev–Trinajstić information content (AvgIpc) is 2.82. The van der Waals surface area contributed by atoms with Crippen molar-refractivity contribution in [1.29, 1.82) is 0 Å². The smallest absolute Gasteiger partial charge is 0.275 e. The zero-order chi connectivity index (χ0) is 29.7. The van der Waals surface area contributed by atoms with Crippen molar-refractivity contribution in [2.24, 2.45) is 0 Å². The van der Waals surface area contributed by atoms with Crippen molar-refractivity contribution in [2.75, 3.05) is 18.8 Å². The Bertz CT molecular complexity index is 1290. The van der Waals surface area contributed by atoms with Crippen molar-refractivity contribution < 1.29 is 51.5 Å². The number of phenols is 3. The molecule has 216 valence electrons. The quantitative estimate of drug-likeness (QED) is 0.277. The summed E-state index contributed by atoms with van der Waals surface area (Å²) < 4.78 is 76.9. The first kappa shape index (κ1) is 34.9. The van der Waals surface area contributed by atoms with Gasteiger partial charge in [0.05, 0.1) is 18.8 Å². The van der Waals surface area contributed by atoms with Gasteiger partial charge in [0.2, 0.25) is 0 Å². The number of hydrogen-bond acceptors (Lipinski definition) is 15. The second-order valence-electron chi connectivity index (χ2n) is 7.05. The third-order valence-corrected chi connectivity index (χ3v) is 8.45. The van der Waals surface area contributed by atoms with Gasteiger partial charge in [-0.25, -0.2) is 0 Å². The normalized spacial score (nSPS) is 11.5. The maximum atomic E-state index is 10.6. The maximum absolute atomic E-state index is 10.6. The molecule has 18 heteroatoms. The van der Waals surface area contributed by atoms with E-state index in [9.17, 15) is 25.3 Å². The largest absolute Gasteiger partial charge is 0.508 e. The molecule has 0 saturated carbocycles. The highest BCUT2D eigenvalue weighted by Gasteiger charge is 2.05. The van der Waals surface area contributed by atoms with Crippen molar-refractivity contribution in [3.05, 3.63) is 72.8 Å². The van der Waals surface area contributed by atoms with Crippen LogP contribution in [0.15, 0.2) is 87.5 Å². The van der Waals surface area contributed by atoms with Gasteiger partial charge in [0.15, 0.2) is 0 Å². The Labute approximate surface area is 240 Å². The number of benzene rings is 3. The summed E-state index contributed by atoms with van der Waals surface area (Å²) in [5.41, 5.74) is 0. The van der Waals surface area contributed by atoms with E-state index in [-0.39, 0.29) is 17.2 Å². The second kappa shape index (κ2) is 16.2. The lowest BCUT2D eigenvalue weighted by Gasteiger charge is -1.98. The predicted molar refractivity (Wildman–Crippen MR) is 150 cm³/mol. The third kappa shape index (κ3) is 19.5. The molecule has 0 saturated heterocycles. The van der Waals surface area contributed by atoms with Crippen LogP contribution in [-0.2, 0) is 41.2 Å². The molecule has 12 nitrogen and oxygen atoms in total. The van der Waals surface area contributed by atoms with Gasteiger partial charge in [0.25, 0.3) is 30.4 Å². The van der Waals surface area contributed by atoms with Crippen LogP contribution in [0.5, 0.6) is 17.2 Å². The van der Waals surface area contributed by atoms with Crippen LogP contribution in [0.2, 0.25) is 0 Å². The Morgan fingerprint density at radius 2 is 0.615 bits per heavy atom. The first-order valence-corrected chi connectivity index (χ1v) is 17.6. The van der Waals surface area contributed by atoms with Gasteiger partial charge in [-0.1, -0.05) is 0 Å². The molecule has 3 aromatic rings. The molecule has 0 aromatic heterocycles. The number of hydrogen-bond donors (Lipinski definition) is 3. The molecule has 0 atom stereocenters. The lowest BCUT2D eigenvalue weighted by atomic mass is 10.3. The molecule has 3 aromatic carbocycles. The van der Waals surface area contributed by atoms with Crippen LogP contribution >= 0.6 is 36.1 Å². The lowest BCUT2D eigenvalue weighted by molar-refractivity contribution is 0.474. The number of aromatic hydroxyl groups is 3. The summed E-state index contributed by atoms with van der Waals surface area (Å²) in [5, 5.41) is 26.7. The van der Waals surface area contributed by atoms with Gasteiger partial charge >= 0.3 is 0 Å². The summed E-state index contributed by atoms with van der Waals surface area (Å²) in [7, 11) is -10.3. The van der Waals surface area contributed by atoms with Gasteiger partial charge < -0.3 is 15.3 Å². The fourth-order valence-electron chi connectivity index (χ4n) is 1.81. The van der Waals surface area contributed by atoms with Crippen LogP contribution in [0.3, 0.4) is 0 Å². The molecule has 3 N–H and O–H groups in total. The first-order chi connectivity index (χ1) is 17.9. The SMILES string of the molecule is CS(=O)(=O)OSc1ccc(O)cc1.CS(=O)(=O)OSc1ccc(O)cc1.CS(=O)(=O)OSc1ccc(O)cc1. The Kier molecular flexibility index (Phi) is 14.5. The van der Waals surface area contributed by atoms with Crippen LogP contribution in [0.4, 0.5) is 0 Å². The van der Waals surface area contributed by atoms with Crippen molar-refractivity contribution in [3.63, 3.8) is 0 Å². The second-order valence-corrected chi connectivity index (χ2v) is 14.8. The predicted octanol–water partition coefficient (Wildman–Crippen LogP) is 4.13. The number of rotatable bonds is 9. The van der Waals surface area contributed by atoms with Gasteiger partial charge in [-0.05, 0) is 72.8 Å². The van der Waals surface area contributed by atoms with E-state index >= 15 is 0 Å². The van der Waals surface area contributed by atoms with Gasteiger partial charge in [-0.3, -0.25) is 0 Å². The van der Waals surface area contributed by atoms with Crippen LogP contribution < -0.4 is 0 Å². The van der Waals surface area contributed by atoms with E-state index in [4.69, 9.17) is 15.3 Å². The minimum Gasteiger partial charge on any atom is -0.508 e. The van der Waals surface area contributed by atoms with E-state index in [0.717, 1.165) is 54.9 Å². The Hall–Kier alpha value is -2.16. The van der Waals surface area contributed by atoms with Gasteiger partial charge in [-0.2, -0.15) is 36.1 Å². The lowest BCUT2D eigenvalue weighted by Crippen LogP contribution is -1.95. The summed E-state index contributed by atoms with van der Waals surface area (Å²) in [6, 6.07) is 18.1. The third-order valence-electron chi connectivity index (χ3n) is 3.27. The van der Waals surface area contributed by atoms with E-state index in [2.05, 4.69) is 10.9 Å². The molecule has 0 unspecified atom stereocenters. The minimum absolute atomic E-state index is 0.128. The fraction of sp³-hybridized carbons (Fsp3) is 0.143. The Morgan fingerprint density at radius 3 is 0.769 bits per heavy atom. The monoisotopic (exact) mass is 660 g/mol. The fourth-order valence-corrected chi connectivity index (χ4v) is 4.98. The van der Waals surface area contributed by atoms with E-state index in [0.29, 0.717) is 14.7 Å². The summed E-state index contributed by atoms with van der Waals surface area (Å²) in [4.78, 5) is 1.84. The highest BCUT2D eigenvalue weighted by molar-refractivity contribution is 8.05. The summed E-state index contributed by atoms with van der Waals surface area (Å²) in [6.07, 6.45) is 2.92. The molecule has 3 rings (SSSR count). The molecule has 0 radical (unpaired) electrons. The highest BCUT2D eigenvalue weighted by Crippen LogP contribution is 2.24. The van der Waals surface area contributed by atoms with E-state index in [1.54, 1.807) is 36.4 Å². The van der Waals surface area contributed by atoms with Crippen LogP contribution in [0, 0.1) is 0 Å². The van der Waals surface area contributed by atoms with Crippen LogP contribution in [0.25, 0.3) is 0 Å². The van der Waals surface area contributed by atoms with E-state index in [1.807, 2.05) is 0 Å². The molecule has 0 aliphatic carbocycles. The Balaban J connectivity index is 0.000000292. The van der Waals surface area contributed by atoms with Crippen molar-refractivity contribution in [1.82, 2.24) is 0 Å². The molecular formula is C21H24O12S6. The van der Waals surface area contributed by atoms with Crippen molar-refractivity contribution in [2.45, 2.75) is 14.7 Å². The number of phenolic OH excluding ortho intramolecular Hbond substituents is 3. The summed E-state index contributed by atoms with van der Waals surface area (Å²) in [5.74, 6) is 0.385. The molecule has 0 spiro atoms. The van der Waals surface area contributed by atoms with Gasteiger partial charge in [0.1, 0.15) is 17.2 Å². The molecule has 0 heterocycles. The van der Waals surface area contributed by atoms with Crippen LogP contribution in [0.1, 0.15) is 0 Å². The van der Waals surface area contributed by atoms with Crippen LogP contribution in [-0.4, -0.2) is 59.3 Å². The molecule has 39 heavy (non-hydrogen) atoms. The molecule has 0 aliphatic heterocycles. The van der Waals surface area contributed by atoms with Crippen molar-refractivity contribution >= 4 is 66.5 Å². The Morgan fingerprint density at radius 1 is 0.436 bits per heavy atom. The summed E-state index contributed by atoms with van der Waals surface area (Å²) in [6.45, 7) is 0. The zero-order valence-corrected chi connectivity index (χ0v) is 25.3. The standard InChI is InChI=1S/3C7H8O4S2/c3*1-13(9,10)11-12-7-4-2-6(8)3-5-7/h3*2-5,8H,1H3. The molecule has 0 aliphatic rings. The maximum Gasteiger partial charge on any atom is 0.275 e. The van der Waals surface area contributed by atoms with Gasteiger partial charge in [-0.15, -0.1) is 0 Å². The van der Waals surface area contributed by atoms with Gasteiger partial charge in [0, 0.05) is 50.8 Å². The molecule has 0 fully saturated rings. The highest BCUT2D eigenvalue weighted by atomic mass is 32.3. The van der Waals surface area contributed by atoms with Crippen molar-refractivity contribution in [3.8, 4) is 17.2 Å². The summed E-state index contributed by atoms with van der Waals surface area (Å²) >= 11 is 2.21. The topological polar surface area (TPSA) is 191 Å². The minimum atomic E-state index is -3.43. The van der Waals surface area contributed by atoms with E-state index in [1.165, 1.54) is 36.4 Å². The average molecular weight is 661 g/mol. The molecule has 0 amide bonds. The van der Waals surface area contributed by atoms with E-state index < -0.39 is 30.4 Å². The molecule has 0 bridgehead atoms. The first-order valence-electron chi connectivity index (χ1n) is 9.97. The molecular weight excluding hydrogens is 637 g/mol. The zero-order valence-electron chi connectivity index (χ0n) is 20.4.